The first-order valence-corrected chi connectivity index (χ1v) is 7.08. The van der Waals surface area contributed by atoms with E-state index in [-0.39, 0.29) is 0 Å². The number of nitrogens with zero attached hydrogens (tertiary/aromatic N) is 1. The van der Waals surface area contributed by atoms with Crippen LogP contribution in [0.25, 0.3) is 22.6 Å². The predicted molar refractivity (Wildman–Crippen MR) is 88.0 cm³/mol. The number of hydrogen-bond acceptors (Lipinski definition) is 3. The van der Waals surface area contributed by atoms with Gasteiger partial charge < -0.3 is 10.2 Å². The van der Waals surface area contributed by atoms with Gasteiger partial charge >= 0.3 is 0 Å². The van der Waals surface area contributed by atoms with E-state index in [2.05, 4.69) is 27.6 Å². The highest BCUT2D eigenvalue weighted by Crippen LogP contribution is 2.25. The molecule has 0 aliphatic carbocycles. The number of hydrogen-bond donors (Lipinski definition) is 1. The number of nitrogens with two attached hydrogens (primary N) is 1. The predicted octanol–water partition coefficient (Wildman–Crippen LogP) is 3.73. The van der Waals surface area contributed by atoms with Crippen LogP contribution in [0.4, 0.5) is 0 Å². The first-order valence-electron chi connectivity index (χ1n) is 5.60. The molecule has 5 heteroatoms. The molecule has 3 rings (SSSR count). The summed E-state index contributed by atoms with van der Waals surface area (Å²) in [6, 6.07) is 13.5. The molecule has 0 saturated carbocycles. The molecule has 0 aliphatic rings. The Labute approximate surface area is 129 Å². The molecule has 1 aromatic heterocycles. The van der Waals surface area contributed by atoms with Crippen LogP contribution in [-0.2, 0) is 0 Å². The number of rotatable bonds is 2. The molecule has 0 bridgehead atoms. The average molecular weight is 380 g/mol. The van der Waals surface area contributed by atoms with Crippen LogP contribution in [0.15, 0.2) is 46.9 Å². The van der Waals surface area contributed by atoms with Gasteiger partial charge in [-0.15, -0.1) is 0 Å². The van der Waals surface area contributed by atoms with E-state index in [9.17, 15) is 0 Å². The Bertz CT molecular complexity index is 782. The highest BCUT2D eigenvalue weighted by molar-refractivity contribution is 14.1. The molecular formula is C14H9IN2OS. The largest absolute Gasteiger partial charge is 0.436 e. The second kappa shape index (κ2) is 4.90. The summed E-state index contributed by atoms with van der Waals surface area (Å²) in [6.45, 7) is 0. The molecule has 2 N–H and O–H groups in total. The van der Waals surface area contributed by atoms with Crippen LogP contribution in [-0.4, -0.2) is 9.97 Å². The molecule has 0 unspecified atom stereocenters. The van der Waals surface area contributed by atoms with Crippen LogP contribution in [0.3, 0.4) is 0 Å². The number of thiocarbonyl (C=S) groups is 1. The van der Waals surface area contributed by atoms with Crippen LogP contribution in [0.2, 0.25) is 0 Å². The maximum atomic E-state index is 5.75. The summed E-state index contributed by atoms with van der Waals surface area (Å²) in [5.41, 5.74) is 8.86. The van der Waals surface area contributed by atoms with Gasteiger partial charge in [-0.25, -0.2) is 4.98 Å². The van der Waals surface area contributed by atoms with Crippen molar-refractivity contribution in [2.24, 2.45) is 5.73 Å². The molecule has 94 valence electrons. The standard InChI is InChI=1S/C14H9IN2OS/c15-10-3-1-2-9(6-10)14-17-11-7-8(13(16)19)4-5-12(11)18-14/h1-7H,(H2,16,19). The van der Waals surface area contributed by atoms with Crippen molar-refractivity contribution < 1.29 is 4.42 Å². The molecule has 0 spiro atoms. The van der Waals surface area contributed by atoms with E-state index in [4.69, 9.17) is 22.4 Å². The highest BCUT2D eigenvalue weighted by Gasteiger charge is 2.09. The number of halogens is 1. The minimum absolute atomic E-state index is 0.362. The molecule has 3 aromatic rings. The number of aromatic nitrogens is 1. The molecular weight excluding hydrogens is 371 g/mol. The normalized spacial score (nSPS) is 10.8. The van der Waals surface area contributed by atoms with Crippen molar-refractivity contribution in [1.29, 1.82) is 0 Å². The first kappa shape index (κ1) is 12.6. The van der Waals surface area contributed by atoms with E-state index in [1.807, 2.05) is 42.5 Å². The van der Waals surface area contributed by atoms with Crippen molar-refractivity contribution in [3.63, 3.8) is 0 Å². The summed E-state index contributed by atoms with van der Waals surface area (Å²) in [6.07, 6.45) is 0. The summed E-state index contributed by atoms with van der Waals surface area (Å²) >= 11 is 7.22. The molecule has 2 aromatic carbocycles. The summed E-state index contributed by atoms with van der Waals surface area (Å²) in [4.78, 5) is 4.84. The van der Waals surface area contributed by atoms with E-state index < -0.39 is 0 Å². The van der Waals surface area contributed by atoms with E-state index >= 15 is 0 Å². The zero-order valence-corrected chi connectivity index (χ0v) is 12.7. The molecule has 0 radical (unpaired) electrons. The van der Waals surface area contributed by atoms with Gasteiger partial charge in [0.1, 0.15) is 10.5 Å². The zero-order valence-electron chi connectivity index (χ0n) is 9.76. The van der Waals surface area contributed by atoms with Crippen LogP contribution >= 0.6 is 34.8 Å². The van der Waals surface area contributed by atoms with Gasteiger partial charge in [0.15, 0.2) is 5.58 Å². The lowest BCUT2D eigenvalue weighted by molar-refractivity contribution is 0.620. The SMILES string of the molecule is NC(=S)c1ccc2oc(-c3cccc(I)c3)nc2c1. The summed E-state index contributed by atoms with van der Waals surface area (Å²) in [5, 5.41) is 0. The van der Waals surface area contributed by atoms with E-state index in [1.165, 1.54) is 0 Å². The Hall–Kier alpha value is -1.47. The van der Waals surface area contributed by atoms with Crippen molar-refractivity contribution in [2.75, 3.05) is 0 Å². The van der Waals surface area contributed by atoms with Gasteiger partial charge in [-0.3, -0.25) is 0 Å². The number of benzene rings is 2. The topological polar surface area (TPSA) is 52.0 Å². The van der Waals surface area contributed by atoms with Gasteiger partial charge in [-0.2, -0.15) is 0 Å². The molecule has 0 fully saturated rings. The van der Waals surface area contributed by atoms with Gasteiger partial charge in [-0.05, 0) is 59.0 Å². The molecule has 0 aliphatic heterocycles. The van der Waals surface area contributed by atoms with Crippen molar-refractivity contribution >= 4 is 50.9 Å². The van der Waals surface area contributed by atoms with Crippen molar-refractivity contribution in [3.8, 4) is 11.5 Å². The highest BCUT2D eigenvalue weighted by atomic mass is 127. The Morgan fingerprint density at radius 3 is 2.79 bits per heavy atom. The Kier molecular flexibility index (Phi) is 3.24. The fourth-order valence-corrected chi connectivity index (χ4v) is 2.50. The average Bonchev–Trinajstić information content (AvgIpc) is 2.81. The quantitative estimate of drug-likeness (QED) is 0.544. The lowest BCUT2D eigenvalue weighted by atomic mass is 10.2. The molecule has 3 nitrogen and oxygen atoms in total. The smallest absolute Gasteiger partial charge is 0.227 e. The van der Waals surface area contributed by atoms with Crippen LogP contribution < -0.4 is 5.73 Å². The van der Waals surface area contributed by atoms with Gasteiger partial charge in [0.05, 0.1) is 0 Å². The minimum Gasteiger partial charge on any atom is -0.436 e. The zero-order chi connectivity index (χ0) is 13.4. The van der Waals surface area contributed by atoms with E-state index in [0.717, 1.165) is 25.8 Å². The molecule has 0 saturated heterocycles. The third kappa shape index (κ3) is 2.48. The van der Waals surface area contributed by atoms with Gasteiger partial charge in [-0.1, -0.05) is 18.3 Å². The third-order valence-corrected chi connectivity index (χ3v) is 3.65. The lowest BCUT2D eigenvalue weighted by Gasteiger charge is -1.95. The van der Waals surface area contributed by atoms with Gasteiger partial charge in [0, 0.05) is 14.7 Å². The summed E-state index contributed by atoms with van der Waals surface area (Å²) in [7, 11) is 0. The second-order valence-corrected chi connectivity index (χ2v) is 5.76. The van der Waals surface area contributed by atoms with Crippen molar-refractivity contribution in [3.05, 3.63) is 51.6 Å². The Morgan fingerprint density at radius 1 is 1.21 bits per heavy atom. The van der Waals surface area contributed by atoms with Crippen LogP contribution in [0.1, 0.15) is 5.56 Å². The minimum atomic E-state index is 0.362. The monoisotopic (exact) mass is 380 g/mol. The molecule has 0 atom stereocenters. The summed E-state index contributed by atoms with van der Waals surface area (Å²) in [5.74, 6) is 0.605. The molecule has 0 amide bonds. The maximum absolute atomic E-state index is 5.75. The van der Waals surface area contributed by atoms with Crippen molar-refractivity contribution in [2.45, 2.75) is 0 Å². The maximum Gasteiger partial charge on any atom is 0.227 e. The van der Waals surface area contributed by atoms with Gasteiger partial charge in [0.2, 0.25) is 5.89 Å². The first-order chi connectivity index (χ1) is 9.13. The molecule has 1 heterocycles. The fourth-order valence-electron chi connectivity index (χ4n) is 1.83. The molecule has 19 heavy (non-hydrogen) atoms. The van der Waals surface area contributed by atoms with Crippen LogP contribution in [0, 0.1) is 3.57 Å². The number of oxazole rings is 1. The van der Waals surface area contributed by atoms with E-state index in [0.29, 0.717) is 10.9 Å². The summed E-state index contributed by atoms with van der Waals surface area (Å²) < 4.78 is 6.89. The fraction of sp³-hybridized carbons (Fsp3) is 0. The van der Waals surface area contributed by atoms with E-state index in [1.54, 1.807) is 0 Å². The Morgan fingerprint density at radius 2 is 2.05 bits per heavy atom. The van der Waals surface area contributed by atoms with Gasteiger partial charge in [0.25, 0.3) is 0 Å². The lowest BCUT2D eigenvalue weighted by Crippen LogP contribution is -2.08. The Balaban J connectivity index is 2.14. The van der Waals surface area contributed by atoms with Crippen LogP contribution in [0.5, 0.6) is 0 Å². The third-order valence-electron chi connectivity index (χ3n) is 2.74. The van der Waals surface area contributed by atoms with Crippen molar-refractivity contribution in [1.82, 2.24) is 4.98 Å². The second-order valence-electron chi connectivity index (χ2n) is 4.08. The number of fused-ring (bicyclic) bond motifs is 1.